The lowest BCUT2D eigenvalue weighted by Gasteiger charge is -2.39. The van der Waals surface area contributed by atoms with Gasteiger partial charge in [0.15, 0.2) is 0 Å². The summed E-state index contributed by atoms with van der Waals surface area (Å²) in [5.74, 6) is 0. The van der Waals surface area contributed by atoms with Gasteiger partial charge in [-0.15, -0.1) is 0 Å². The van der Waals surface area contributed by atoms with Crippen LogP contribution >= 0.6 is 0 Å². The first-order chi connectivity index (χ1) is 8.98. The van der Waals surface area contributed by atoms with E-state index >= 15 is 0 Å². The van der Waals surface area contributed by atoms with Crippen molar-refractivity contribution in [3.8, 4) is 0 Å². The molecule has 1 aromatic carbocycles. The number of hydrogen-bond acceptors (Lipinski definition) is 1. The Morgan fingerprint density at radius 2 is 1.50 bits per heavy atom. The van der Waals surface area contributed by atoms with Crippen LogP contribution in [0.2, 0.25) is 31.2 Å². The Kier molecular flexibility index (Phi) is 5.22. The van der Waals surface area contributed by atoms with Crippen LogP contribution in [0.1, 0.15) is 20.8 Å². The lowest BCUT2D eigenvalue weighted by atomic mass is 10.2. The van der Waals surface area contributed by atoms with Gasteiger partial charge >= 0.3 is 0 Å². The summed E-state index contributed by atoms with van der Waals surface area (Å²) in [4.78, 5) is 0. The van der Waals surface area contributed by atoms with E-state index in [9.17, 15) is 5.11 Å². The lowest BCUT2D eigenvalue weighted by molar-refractivity contribution is 0.284. The van der Waals surface area contributed by atoms with E-state index in [-0.39, 0.29) is 10.8 Å². The number of rotatable bonds is 4. The second-order valence-electron chi connectivity index (χ2n) is 7.86. The van der Waals surface area contributed by atoms with Crippen LogP contribution in [0.5, 0.6) is 0 Å². The van der Waals surface area contributed by atoms with Gasteiger partial charge in [-0.3, -0.25) is 0 Å². The minimum atomic E-state index is -1.72. The molecule has 0 saturated carbocycles. The molecule has 0 bridgehead atoms. The standard InChI is InChI=1S/C17H30OSi2/c1-17(2,3)20(6,7)16(18)13-14-19(4,5)15-11-9-8-10-12-15/h8-14,16,18H,1-7H3/b14-13+. The van der Waals surface area contributed by atoms with Gasteiger partial charge in [0, 0.05) is 0 Å². The molecule has 1 atom stereocenters. The molecule has 1 N–H and O–H groups in total. The molecule has 0 spiro atoms. The van der Waals surface area contributed by atoms with Crippen molar-refractivity contribution in [1.82, 2.24) is 0 Å². The number of benzene rings is 1. The molecule has 0 aliphatic rings. The highest BCUT2D eigenvalue weighted by Gasteiger charge is 2.40. The molecule has 20 heavy (non-hydrogen) atoms. The normalized spacial score (nSPS) is 15.6. The van der Waals surface area contributed by atoms with Crippen LogP contribution in [-0.4, -0.2) is 27.0 Å². The van der Waals surface area contributed by atoms with Gasteiger partial charge < -0.3 is 5.11 Å². The van der Waals surface area contributed by atoms with Gasteiger partial charge in [-0.2, -0.15) is 0 Å². The maximum absolute atomic E-state index is 10.6. The van der Waals surface area contributed by atoms with E-state index in [1.165, 1.54) is 5.19 Å². The molecule has 1 aromatic rings. The van der Waals surface area contributed by atoms with E-state index < -0.39 is 16.1 Å². The molecule has 0 amide bonds. The molecule has 0 saturated heterocycles. The zero-order chi connectivity index (χ0) is 15.6. The van der Waals surface area contributed by atoms with Crippen molar-refractivity contribution in [1.29, 1.82) is 0 Å². The van der Waals surface area contributed by atoms with E-state index in [0.29, 0.717) is 0 Å². The molecule has 112 valence electrons. The largest absolute Gasteiger partial charge is 0.393 e. The third kappa shape index (κ3) is 3.93. The summed E-state index contributed by atoms with van der Waals surface area (Å²) in [6.45, 7) is 16.0. The zero-order valence-electron chi connectivity index (χ0n) is 14.1. The summed E-state index contributed by atoms with van der Waals surface area (Å²) in [5, 5.41) is 12.2. The fourth-order valence-electron chi connectivity index (χ4n) is 1.98. The van der Waals surface area contributed by atoms with Crippen molar-refractivity contribution in [3.05, 3.63) is 42.1 Å². The molecular weight excluding hydrogens is 276 g/mol. The minimum Gasteiger partial charge on any atom is -0.393 e. The quantitative estimate of drug-likeness (QED) is 0.830. The summed E-state index contributed by atoms with van der Waals surface area (Å²) >= 11 is 0. The summed E-state index contributed by atoms with van der Waals surface area (Å²) in [7, 11) is -3.32. The average molecular weight is 307 g/mol. The molecule has 3 heteroatoms. The Balaban J connectivity index is 2.93. The SMILES string of the molecule is CC(C)(C)[Si](C)(C)C(O)/C=C/[Si](C)(C)c1ccccc1. The van der Waals surface area contributed by atoms with Crippen LogP contribution in [0.4, 0.5) is 0 Å². The fourth-order valence-corrected chi connectivity index (χ4v) is 5.54. The monoisotopic (exact) mass is 306 g/mol. The molecule has 1 unspecified atom stereocenters. The molecule has 0 aliphatic heterocycles. The number of hydrogen-bond donors (Lipinski definition) is 1. The predicted molar refractivity (Wildman–Crippen MR) is 95.9 cm³/mol. The van der Waals surface area contributed by atoms with Gasteiger partial charge in [-0.1, -0.05) is 94.3 Å². The van der Waals surface area contributed by atoms with E-state index in [0.717, 1.165) is 0 Å². The Hall–Kier alpha value is -0.646. The lowest BCUT2D eigenvalue weighted by Crippen LogP contribution is -2.49. The minimum absolute atomic E-state index is 0.204. The molecule has 1 rings (SSSR count). The van der Waals surface area contributed by atoms with Crippen molar-refractivity contribution in [2.24, 2.45) is 0 Å². The first-order valence-corrected chi connectivity index (χ1v) is 13.6. The maximum Gasteiger partial charge on any atom is 0.103 e. The van der Waals surface area contributed by atoms with Crippen LogP contribution in [0.3, 0.4) is 0 Å². The van der Waals surface area contributed by atoms with E-state index in [4.69, 9.17) is 0 Å². The molecule has 1 nitrogen and oxygen atoms in total. The molecule has 0 heterocycles. The summed E-state index contributed by atoms with van der Waals surface area (Å²) in [6, 6.07) is 10.7. The Bertz CT molecular complexity index is 456. The van der Waals surface area contributed by atoms with Crippen molar-refractivity contribution in [2.75, 3.05) is 0 Å². The molecule has 0 radical (unpaired) electrons. The van der Waals surface area contributed by atoms with Crippen LogP contribution in [0.15, 0.2) is 42.1 Å². The van der Waals surface area contributed by atoms with Crippen molar-refractivity contribution in [2.45, 2.75) is 57.7 Å². The highest BCUT2D eigenvalue weighted by atomic mass is 28.3. The Morgan fingerprint density at radius 1 is 1.00 bits per heavy atom. The first-order valence-electron chi connectivity index (χ1n) is 7.41. The predicted octanol–water partition coefficient (Wildman–Crippen LogP) is 4.11. The van der Waals surface area contributed by atoms with Gasteiger partial charge in [0.05, 0.1) is 13.8 Å². The third-order valence-corrected chi connectivity index (χ3v) is 13.3. The second-order valence-corrected chi connectivity index (χ2v) is 17.8. The van der Waals surface area contributed by atoms with Crippen LogP contribution in [0.25, 0.3) is 0 Å². The smallest absolute Gasteiger partial charge is 0.103 e. The highest BCUT2D eigenvalue weighted by molar-refractivity contribution is 6.94. The molecule has 0 aromatic heterocycles. The first kappa shape index (κ1) is 17.4. The van der Waals surface area contributed by atoms with Crippen LogP contribution < -0.4 is 5.19 Å². The Morgan fingerprint density at radius 3 is 1.95 bits per heavy atom. The van der Waals surface area contributed by atoms with E-state index in [1.54, 1.807) is 0 Å². The summed E-state index contributed by atoms with van der Waals surface area (Å²) < 4.78 is 0. The van der Waals surface area contributed by atoms with Gasteiger partial charge in [0.2, 0.25) is 0 Å². The van der Waals surface area contributed by atoms with Crippen molar-refractivity contribution in [3.63, 3.8) is 0 Å². The fraction of sp³-hybridized carbons (Fsp3) is 0.529. The van der Waals surface area contributed by atoms with E-state index in [2.05, 4.69) is 89.1 Å². The maximum atomic E-state index is 10.6. The van der Waals surface area contributed by atoms with Crippen LogP contribution in [0, 0.1) is 0 Å². The molecular formula is C17H30OSi2. The van der Waals surface area contributed by atoms with Gasteiger partial charge in [0.1, 0.15) is 8.07 Å². The van der Waals surface area contributed by atoms with Gasteiger partial charge in [-0.05, 0) is 5.04 Å². The van der Waals surface area contributed by atoms with Gasteiger partial charge in [-0.25, -0.2) is 0 Å². The second kappa shape index (κ2) is 6.00. The van der Waals surface area contributed by atoms with Gasteiger partial charge in [0.25, 0.3) is 0 Å². The zero-order valence-corrected chi connectivity index (χ0v) is 16.1. The van der Waals surface area contributed by atoms with Crippen molar-refractivity contribution < 1.29 is 5.11 Å². The third-order valence-electron chi connectivity index (χ3n) is 4.89. The molecule has 0 fully saturated rings. The number of aliphatic hydroxyl groups is 1. The summed E-state index contributed by atoms with van der Waals surface area (Å²) in [5.41, 5.74) is 2.02. The summed E-state index contributed by atoms with van der Waals surface area (Å²) in [6.07, 6.45) is 2.08. The van der Waals surface area contributed by atoms with E-state index in [1.807, 2.05) is 0 Å². The number of aliphatic hydroxyl groups excluding tert-OH is 1. The average Bonchev–Trinajstić information content (AvgIpc) is 2.35. The molecule has 0 aliphatic carbocycles. The Labute approximate surface area is 126 Å². The topological polar surface area (TPSA) is 20.2 Å². The van der Waals surface area contributed by atoms with Crippen LogP contribution in [-0.2, 0) is 0 Å². The highest BCUT2D eigenvalue weighted by Crippen LogP contribution is 2.38. The van der Waals surface area contributed by atoms with Crippen molar-refractivity contribution >= 4 is 21.3 Å².